The topological polar surface area (TPSA) is 85.5 Å². The van der Waals surface area contributed by atoms with E-state index in [0.717, 1.165) is 43.8 Å². The number of carbonyl (C=O) groups is 1. The number of aliphatic carboxylic acids is 1. The van der Waals surface area contributed by atoms with E-state index in [4.69, 9.17) is 14.3 Å². The first-order valence-corrected chi connectivity index (χ1v) is 11.9. The van der Waals surface area contributed by atoms with E-state index in [1.54, 1.807) is 18.0 Å². The van der Waals surface area contributed by atoms with Gasteiger partial charge < -0.3 is 14.3 Å². The van der Waals surface area contributed by atoms with Crippen molar-refractivity contribution >= 4 is 17.7 Å². The molecule has 0 aliphatic rings. The zero-order valence-corrected chi connectivity index (χ0v) is 20.0. The van der Waals surface area contributed by atoms with Crippen LogP contribution in [0.25, 0.3) is 11.5 Å². The van der Waals surface area contributed by atoms with Crippen molar-refractivity contribution in [3.05, 3.63) is 89.4 Å². The van der Waals surface area contributed by atoms with Crippen LogP contribution in [-0.2, 0) is 17.6 Å². The van der Waals surface area contributed by atoms with Gasteiger partial charge in [-0.25, -0.2) is 9.97 Å². The van der Waals surface area contributed by atoms with Gasteiger partial charge in [0.1, 0.15) is 16.5 Å². The average molecular weight is 475 g/mol. The Balaban J connectivity index is 1.33. The molecule has 0 aliphatic heterocycles. The van der Waals surface area contributed by atoms with E-state index >= 15 is 0 Å². The van der Waals surface area contributed by atoms with Gasteiger partial charge >= 0.3 is 5.97 Å². The molecule has 0 spiro atoms. The third-order valence-electron chi connectivity index (χ3n) is 5.37. The second-order valence-corrected chi connectivity index (χ2v) is 9.00. The van der Waals surface area contributed by atoms with Gasteiger partial charge in [0, 0.05) is 23.9 Å². The summed E-state index contributed by atoms with van der Waals surface area (Å²) in [6, 6.07) is 19.8. The fourth-order valence-corrected chi connectivity index (χ4v) is 4.28. The highest BCUT2D eigenvalue weighted by atomic mass is 32.2. The lowest BCUT2D eigenvalue weighted by atomic mass is 10.0. The van der Waals surface area contributed by atoms with Crippen LogP contribution in [0.15, 0.2) is 81.2 Å². The second-order valence-electron chi connectivity index (χ2n) is 7.90. The number of benzene rings is 2. The van der Waals surface area contributed by atoms with Gasteiger partial charge in [0.15, 0.2) is 0 Å². The Hall–Kier alpha value is -3.58. The molecular formula is C27H26N2O4S. The highest BCUT2D eigenvalue weighted by Gasteiger charge is 2.13. The Morgan fingerprint density at radius 2 is 1.88 bits per heavy atom. The smallest absolute Gasteiger partial charge is 0.303 e. The molecule has 0 saturated heterocycles. The van der Waals surface area contributed by atoms with Gasteiger partial charge in [-0.3, -0.25) is 4.79 Å². The Labute approximate surface area is 203 Å². The Morgan fingerprint density at radius 1 is 1.06 bits per heavy atom. The van der Waals surface area contributed by atoms with Crippen molar-refractivity contribution in [2.45, 2.75) is 43.0 Å². The first-order chi connectivity index (χ1) is 16.5. The summed E-state index contributed by atoms with van der Waals surface area (Å²) in [5.74, 6) is 1.28. The molecule has 174 valence electrons. The third-order valence-corrected chi connectivity index (χ3v) is 6.33. The van der Waals surface area contributed by atoms with Crippen molar-refractivity contribution in [1.82, 2.24) is 9.97 Å². The predicted molar refractivity (Wildman–Crippen MR) is 131 cm³/mol. The minimum atomic E-state index is -0.792. The lowest BCUT2D eigenvalue weighted by Gasteiger charge is -2.09. The summed E-state index contributed by atoms with van der Waals surface area (Å²) >= 11 is 1.61. The number of carboxylic acid groups (broad SMARTS) is 1. The number of pyridine rings is 1. The van der Waals surface area contributed by atoms with E-state index in [2.05, 4.69) is 22.1 Å². The summed E-state index contributed by atoms with van der Waals surface area (Å²) in [7, 11) is 0. The Kier molecular flexibility index (Phi) is 7.65. The molecule has 6 nitrogen and oxygen atoms in total. The number of carboxylic acids is 1. The van der Waals surface area contributed by atoms with E-state index in [1.807, 2.05) is 62.4 Å². The summed E-state index contributed by atoms with van der Waals surface area (Å²) in [5.41, 5.74) is 3.74. The van der Waals surface area contributed by atoms with Crippen molar-refractivity contribution < 1.29 is 19.1 Å². The van der Waals surface area contributed by atoms with Gasteiger partial charge in [0.2, 0.25) is 5.89 Å². The Morgan fingerprint density at radius 3 is 2.59 bits per heavy atom. The van der Waals surface area contributed by atoms with Crippen LogP contribution in [0.4, 0.5) is 0 Å². The van der Waals surface area contributed by atoms with Crippen LogP contribution >= 0.6 is 11.8 Å². The molecule has 4 rings (SSSR count). The highest BCUT2D eigenvalue weighted by molar-refractivity contribution is 7.99. The molecule has 2 aromatic carbocycles. The van der Waals surface area contributed by atoms with Crippen LogP contribution in [0.5, 0.6) is 5.75 Å². The second kappa shape index (κ2) is 11.0. The summed E-state index contributed by atoms with van der Waals surface area (Å²) < 4.78 is 11.8. The molecule has 0 aliphatic carbocycles. The van der Waals surface area contributed by atoms with Crippen molar-refractivity contribution in [2.75, 3.05) is 6.61 Å². The summed E-state index contributed by atoms with van der Waals surface area (Å²) in [4.78, 5) is 21.1. The highest BCUT2D eigenvalue weighted by Crippen LogP contribution is 2.28. The molecule has 0 unspecified atom stereocenters. The van der Waals surface area contributed by atoms with Gasteiger partial charge in [0.05, 0.1) is 17.9 Å². The van der Waals surface area contributed by atoms with Gasteiger partial charge in [0.25, 0.3) is 0 Å². The minimum Gasteiger partial charge on any atom is -0.493 e. The van der Waals surface area contributed by atoms with Crippen molar-refractivity contribution in [1.29, 1.82) is 0 Å². The van der Waals surface area contributed by atoms with E-state index < -0.39 is 5.97 Å². The first kappa shape index (κ1) is 23.6. The largest absolute Gasteiger partial charge is 0.493 e. The predicted octanol–water partition coefficient (Wildman–Crippen LogP) is 6.14. The standard InChI is InChI=1S/C27H26N2O4S/c1-18-16-22(11-8-20(18)10-13-26(30)31)32-15-14-24-19(2)33-27(29-24)21-9-12-25(28-17-21)34-23-6-4-3-5-7-23/h3-9,11-12,16-17H,10,13-15H2,1-2H3,(H,30,31). The van der Waals surface area contributed by atoms with E-state index in [9.17, 15) is 4.79 Å². The van der Waals surface area contributed by atoms with Crippen LogP contribution in [0, 0.1) is 13.8 Å². The molecule has 1 N–H and O–H groups in total. The fraction of sp³-hybridized carbons (Fsp3) is 0.222. The van der Waals surface area contributed by atoms with E-state index in [0.29, 0.717) is 25.3 Å². The molecule has 0 radical (unpaired) electrons. The number of hydrogen-bond donors (Lipinski definition) is 1. The molecule has 0 amide bonds. The number of aryl methyl sites for hydroxylation is 3. The molecular weight excluding hydrogens is 448 g/mol. The van der Waals surface area contributed by atoms with E-state index in [1.165, 1.54) is 0 Å². The minimum absolute atomic E-state index is 0.124. The van der Waals surface area contributed by atoms with E-state index in [-0.39, 0.29) is 6.42 Å². The monoisotopic (exact) mass is 474 g/mol. The molecule has 34 heavy (non-hydrogen) atoms. The average Bonchev–Trinajstić information content (AvgIpc) is 3.20. The molecule has 0 fully saturated rings. The molecule has 2 aromatic heterocycles. The summed E-state index contributed by atoms with van der Waals surface area (Å²) in [6.07, 6.45) is 3.04. The molecule has 0 atom stereocenters. The lowest BCUT2D eigenvalue weighted by molar-refractivity contribution is -0.136. The van der Waals surface area contributed by atoms with Crippen molar-refractivity contribution in [3.63, 3.8) is 0 Å². The van der Waals surface area contributed by atoms with Crippen LogP contribution in [0.1, 0.15) is 29.0 Å². The van der Waals surface area contributed by atoms with Gasteiger partial charge in [-0.15, -0.1) is 0 Å². The Bertz CT molecular complexity index is 1250. The number of aromatic nitrogens is 2. The maximum atomic E-state index is 10.8. The lowest BCUT2D eigenvalue weighted by Crippen LogP contribution is -2.04. The molecule has 4 aromatic rings. The summed E-state index contributed by atoms with van der Waals surface area (Å²) in [5, 5.41) is 9.78. The van der Waals surface area contributed by atoms with Crippen molar-refractivity contribution in [3.8, 4) is 17.2 Å². The number of hydrogen-bond acceptors (Lipinski definition) is 6. The zero-order chi connectivity index (χ0) is 23.9. The van der Waals surface area contributed by atoms with Gasteiger partial charge in [-0.1, -0.05) is 36.0 Å². The van der Waals surface area contributed by atoms with Crippen LogP contribution < -0.4 is 4.74 Å². The molecule has 0 bridgehead atoms. The quantitative estimate of drug-likeness (QED) is 0.295. The maximum absolute atomic E-state index is 10.8. The van der Waals surface area contributed by atoms with Crippen molar-refractivity contribution in [2.24, 2.45) is 0 Å². The third kappa shape index (κ3) is 6.26. The normalized spacial score (nSPS) is 10.9. The van der Waals surface area contributed by atoms with Gasteiger partial charge in [-0.05, 0) is 67.8 Å². The van der Waals surface area contributed by atoms with Crippen LogP contribution in [-0.4, -0.2) is 27.7 Å². The fourth-order valence-electron chi connectivity index (χ4n) is 3.51. The SMILES string of the molecule is Cc1cc(OCCc2nc(-c3ccc(Sc4ccccc4)nc3)oc2C)ccc1CCC(=O)O. The first-order valence-electron chi connectivity index (χ1n) is 11.1. The summed E-state index contributed by atoms with van der Waals surface area (Å²) in [6.45, 7) is 4.33. The van der Waals surface area contributed by atoms with Gasteiger partial charge in [-0.2, -0.15) is 0 Å². The van der Waals surface area contributed by atoms with Crippen LogP contribution in [0.3, 0.4) is 0 Å². The number of ether oxygens (including phenoxy) is 1. The number of nitrogens with zero attached hydrogens (tertiary/aromatic N) is 2. The molecule has 0 saturated carbocycles. The number of rotatable bonds is 10. The molecule has 2 heterocycles. The van der Waals surface area contributed by atoms with Crippen LogP contribution in [0.2, 0.25) is 0 Å². The maximum Gasteiger partial charge on any atom is 0.303 e. The number of oxazole rings is 1. The molecule has 7 heteroatoms. The zero-order valence-electron chi connectivity index (χ0n) is 19.2.